The third-order valence-corrected chi connectivity index (χ3v) is 7.12. The highest BCUT2D eigenvalue weighted by Crippen LogP contribution is 2.19. The summed E-state index contributed by atoms with van der Waals surface area (Å²) in [5, 5.41) is 6.01. The molecule has 2 aromatic carbocycles. The van der Waals surface area contributed by atoms with Crippen LogP contribution in [0.3, 0.4) is 0 Å². The molecule has 0 spiro atoms. The lowest BCUT2D eigenvalue weighted by atomic mass is 10.0. The summed E-state index contributed by atoms with van der Waals surface area (Å²) in [6.45, 7) is 10.7. The molecule has 0 aliphatic heterocycles. The number of sulfonamides is 1. The monoisotopic (exact) mass is 417 g/mol. The number of hydrogen-bond acceptors (Lipinski definition) is 4. The van der Waals surface area contributed by atoms with E-state index in [0.29, 0.717) is 18.8 Å². The van der Waals surface area contributed by atoms with Gasteiger partial charge < -0.3 is 10.6 Å². The molecule has 0 aliphatic carbocycles. The second-order valence-electron chi connectivity index (χ2n) is 7.10. The van der Waals surface area contributed by atoms with Crippen LogP contribution in [0, 0.1) is 13.8 Å². The zero-order valence-corrected chi connectivity index (χ0v) is 18.6. The number of nitrogens with one attached hydrogen (secondary N) is 2. The standard InChI is InChI=1S/C22H31N3O3S/c1-6-25(7-2)29(27,28)21-12-10-20(11-13-21)23-15-22(26)24-18(5)19-9-8-16(3)17(4)14-19/h8-14,18,23H,6-7,15H2,1-5H3,(H,24,26). The van der Waals surface area contributed by atoms with Crippen molar-refractivity contribution >= 4 is 21.6 Å². The van der Waals surface area contributed by atoms with Crippen molar-refractivity contribution in [3.63, 3.8) is 0 Å². The maximum absolute atomic E-state index is 12.5. The molecule has 1 atom stereocenters. The predicted octanol–water partition coefficient (Wildman–Crippen LogP) is 3.62. The quantitative estimate of drug-likeness (QED) is 0.653. The van der Waals surface area contributed by atoms with E-state index in [4.69, 9.17) is 0 Å². The Labute approximate surface area is 174 Å². The third kappa shape index (κ3) is 5.81. The van der Waals surface area contributed by atoms with Gasteiger partial charge >= 0.3 is 0 Å². The van der Waals surface area contributed by atoms with Gasteiger partial charge in [0.1, 0.15) is 0 Å². The molecule has 158 valence electrons. The molecule has 0 aromatic heterocycles. The fraction of sp³-hybridized carbons (Fsp3) is 0.409. The van der Waals surface area contributed by atoms with E-state index < -0.39 is 10.0 Å². The molecule has 1 unspecified atom stereocenters. The number of nitrogens with zero attached hydrogens (tertiary/aromatic N) is 1. The molecule has 0 saturated carbocycles. The summed E-state index contributed by atoms with van der Waals surface area (Å²) in [4.78, 5) is 12.5. The van der Waals surface area contributed by atoms with Crippen LogP contribution in [0.15, 0.2) is 47.4 Å². The number of carbonyl (C=O) groups excluding carboxylic acids is 1. The molecule has 1 amide bonds. The van der Waals surface area contributed by atoms with Gasteiger partial charge in [-0.05, 0) is 61.7 Å². The number of hydrogen-bond donors (Lipinski definition) is 2. The van der Waals surface area contributed by atoms with E-state index in [1.165, 1.54) is 15.4 Å². The number of anilines is 1. The van der Waals surface area contributed by atoms with E-state index in [1.807, 2.05) is 26.8 Å². The van der Waals surface area contributed by atoms with Crippen LogP contribution < -0.4 is 10.6 Å². The Morgan fingerprint density at radius 2 is 1.62 bits per heavy atom. The molecule has 6 nitrogen and oxygen atoms in total. The topological polar surface area (TPSA) is 78.5 Å². The van der Waals surface area contributed by atoms with Gasteiger partial charge in [-0.1, -0.05) is 32.0 Å². The molecular formula is C22H31N3O3S. The van der Waals surface area contributed by atoms with Crippen LogP contribution in [0.5, 0.6) is 0 Å². The van der Waals surface area contributed by atoms with Crippen LogP contribution in [-0.4, -0.2) is 38.3 Å². The summed E-state index contributed by atoms with van der Waals surface area (Å²) >= 11 is 0. The van der Waals surface area contributed by atoms with Crippen LogP contribution in [0.2, 0.25) is 0 Å². The summed E-state index contributed by atoms with van der Waals surface area (Å²) < 4.78 is 26.4. The zero-order chi connectivity index (χ0) is 21.6. The lowest BCUT2D eigenvalue weighted by Crippen LogP contribution is -2.32. The number of amides is 1. The zero-order valence-electron chi connectivity index (χ0n) is 17.8. The molecule has 0 bridgehead atoms. The van der Waals surface area contributed by atoms with E-state index in [-0.39, 0.29) is 23.4 Å². The van der Waals surface area contributed by atoms with Gasteiger partial charge in [-0.15, -0.1) is 0 Å². The maximum Gasteiger partial charge on any atom is 0.243 e. The van der Waals surface area contributed by atoms with Gasteiger partial charge in [-0.2, -0.15) is 4.31 Å². The smallest absolute Gasteiger partial charge is 0.243 e. The van der Waals surface area contributed by atoms with Crippen LogP contribution in [0.1, 0.15) is 43.5 Å². The maximum atomic E-state index is 12.5. The minimum absolute atomic E-state index is 0.0924. The fourth-order valence-electron chi connectivity index (χ4n) is 3.05. The van der Waals surface area contributed by atoms with E-state index in [0.717, 1.165) is 5.56 Å². The molecule has 2 rings (SSSR count). The average Bonchev–Trinajstić information content (AvgIpc) is 2.69. The molecule has 2 aromatic rings. The Morgan fingerprint density at radius 1 is 1.00 bits per heavy atom. The predicted molar refractivity (Wildman–Crippen MR) is 118 cm³/mol. The van der Waals surface area contributed by atoms with Crippen molar-refractivity contribution in [3.05, 3.63) is 59.2 Å². The van der Waals surface area contributed by atoms with Crippen LogP contribution in [-0.2, 0) is 14.8 Å². The van der Waals surface area contributed by atoms with Crippen LogP contribution in [0.4, 0.5) is 5.69 Å². The Hall–Kier alpha value is -2.38. The highest BCUT2D eigenvalue weighted by molar-refractivity contribution is 7.89. The van der Waals surface area contributed by atoms with Crippen molar-refractivity contribution in [1.82, 2.24) is 9.62 Å². The largest absolute Gasteiger partial charge is 0.376 e. The molecule has 29 heavy (non-hydrogen) atoms. The molecule has 0 heterocycles. The van der Waals surface area contributed by atoms with Crippen molar-refractivity contribution < 1.29 is 13.2 Å². The number of carbonyl (C=O) groups is 1. The normalized spacial score (nSPS) is 12.6. The van der Waals surface area contributed by atoms with Gasteiger partial charge in [0.05, 0.1) is 17.5 Å². The summed E-state index contributed by atoms with van der Waals surface area (Å²) in [6.07, 6.45) is 0. The summed E-state index contributed by atoms with van der Waals surface area (Å²) in [6, 6.07) is 12.5. The van der Waals surface area contributed by atoms with Gasteiger partial charge in [0.25, 0.3) is 0 Å². The summed E-state index contributed by atoms with van der Waals surface area (Å²) in [7, 11) is -3.48. The Morgan fingerprint density at radius 3 is 2.17 bits per heavy atom. The van der Waals surface area contributed by atoms with Crippen LogP contribution >= 0.6 is 0 Å². The molecule has 7 heteroatoms. The molecule has 2 N–H and O–H groups in total. The van der Waals surface area contributed by atoms with E-state index in [2.05, 4.69) is 36.6 Å². The first-order valence-corrected chi connectivity index (χ1v) is 11.3. The van der Waals surface area contributed by atoms with Crippen molar-refractivity contribution in [2.75, 3.05) is 25.0 Å². The molecule has 0 saturated heterocycles. The van der Waals surface area contributed by atoms with Gasteiger partial charge in [-0.3, -0.25) is 4.79 Å². The Balaban J connectivity index is 1.94. The minimum atomic E-state index is -3.48. The highest BCUT2D eigenvalue weighted by atomic mass is 32.2. The molecule has 0 aliphatic rings. The Kier molecular flexibility index (Phi) is 7.81. The molecule has 0 radical (unpaired) electrons. The molecule has 0 fully saturated rings. The second-order valence-corrected chi connectivity index (χ2v) is 9.04. The van der Waals surface area contributed by atoms with Crippen molar-refractivity contribution in [1.29, 1.82) is 0 Å². The fourth-order valence-corrected chi connectivity index (χ4v) is 4.51. The number of aryl methyl sites for hydroxylation is 2. The SMILES string of the molecule is CCN(CC)S(=O)(=O)c1ccc(NCC(=O)NC(C)c2ccc(C)c(C)c2)cc1. The van der Waals surface area contributed by atoms with Crippen molar-refractivity contribution in [2.45, 2.75) is 45.6 Å². The van der Waals surface area contributed by atoms with Crippen molar-refractivity contribution in [3.8, 4) is 0 Å². The molecular weight excluding hydrogens is 386 g/mol. The lowest BCUT2D eigenvalue weighted by molar-refractivity contribution is -0.120. The first-order valence-electron chi connectivity index (χ1n) is 9.89. The van der Waals surface area contributed by atoms with Gasteiger partial charge in [0.15, 0.2) is 0 Å². The van der Waals surface area contributed by atoms with Crippen molar-refractivity contribution in [2.24, 2.45) is 0 Å². The average molecular weight is 418 g/mol. The first-order chi connectivity index (χ1) is 13.7. The van der Waals surface area contributed by atoms with Gasteiger partial charge in [-0.25, -0.2) is 8.42 Å². The van der Waals surface area contributed by atoms with Gasteiger partial charge in [0.2, 0.25) is 15.9 Å². The highest BCUT2D eigenvalue weighted by Gasteiger charge is 2.21. The van der Waals surface area contributed by atoms with E-state index in [9.17, 15) is 13.2 Å². The third-order valence-electron chi connectivity index (χ3n) is 5.06. The minimum Gasteiger partial charge on any atom is -0.376 e. The van der Waals surface area contributed by atoms with E-state index >= 15 is 0 Å². The Bertz CT molecular complexity index is 936. The van der Waals surface area contributed by atoms with Gasteiger partial charge in [0, 0.05) is 18.8 Å². The first kappa shape index (κ1) is 22.9. The summed E-state index contributed by atoms with van der Waals surface area (Å²) in [5.74, 6) is -0.129. The lowest BCUT2D eigenvalue weighted by Gasteiger charge is -2.18. The van der Waals surface area contributed by atoms with E-state index in [1.54, 1.807) is 24.3 Å². The number of benzene rings is 2. The summed E-state index contributed by atoms with van der Waals surface area (Å²) in [5.41, 5.74) is 4.17. The van der Waals surface area contributed by atoms with Crippen LogP contribution in [0.25, 0.3) is 0 Å². The number of rotatable bonds is 9. The second kappa shape index (κ2) is 9.89.